The Morgan fingerprint density at radius 1 is 1.53 bits per heavy atom. The van der Waals surface area contributed by atoms with Crippen molar-refractivity contribution in [2.75, 3.05) is 13.2 Å². The highest BCUT2D eigenvalue weighted by Gasteiger charge is 2.25. The van der Waals surface area contributed by atoms with Gasteiger partial charge in [-0.1, -0.05) is 25.5 Å². The summed E-state index contributed by atoms with van der Waals surface area (Å²) in [4.78, 5) is 11.3. The van der Waals surface area contributed by atoms with Crippen LogP contribution in [0.4, 0.5) is 4.79 Å². The number of rotatable bonds is 4. The van der Waals surface area contributed by atoms with E-state index in [0.717, 1.165) is 25.7 Å². The smallest absolute Gasteiger partial charge is 0.407 e. The van der Waals surface area contributed by atoms with Gasteiger partial charge in [0.2, 0.25) is 0 Å². The molecule has 2 unspecified atom stereocenters. The standard InChI is InChI=1S/C11H19NO3/c1-2-7-15-11(14)12-10-6-4-3-5-9(10)8-13/h2,9-10,13H,1,3-8H2,(H,12,14). The van der Waals surface area contributed by atoms with Gasteiger partial charge in [-0.3, -0.25) is 0 Å². The van der Waals surface area contributed by atoms with Crippen molar-refractivity contribution in [2.24, 2.45) is 5.92 Å². The zero-order chi connectivity index (χ0) is 11.1. The van der Waals surface area contributed by atoms with Crippen molar-refractivity contribution < 1.29 is 14.6 Å². The van der Waals surface area contributed by atoms with E-state index in [0.29, 0.717) is 0 Å². The minimum atomic E-state index is -0.416. The molecule has 2 atom stereocenters. The fourth-order valence-electron chi connectivity index (χ4n) is 1.94. The predicted octanol–water partition coefficient (Wildman–Crippen LogP) is 1.45. The number of amides is 1. The van der Waals surface area contributed by atoms with Crippen molar-refractivity contribution in [2.45, 2.75) is 31.7 Å². The first-order chi connectivity index (χ1) is 7.27. The Kier molecular flexibility index (Phi) is 5.18. The highest BCUT2D eigenvalue weighted by molar-refractivity contribution is 5.67. The number of alkyl carbamates (subject to hydrolysis) is 1. The monoisotopic (exact) mass is 213 g/mol. The highest BCUT2D eigenvalue weighted by atomic mass is 16.5. The molecule has 4 nitrogen and oxygen atoms in total. The second kappa shape index (κ2) is 6.45. The fraction of sp³-hybridized carbons (Fsp3) is 0.727. The number of aliphatic hydroxyl groups is 1. The zero-order valence-electron chi connectivity index (χ0n) is 8.95. The van der Waals surface area contributed by atoms with Gasteiger partial charge in [0.25, 0.3) is 0 Å². The lowest BCUT2D eigenvalue weighted by atomic mass is 9.85. The molecule has 0 aromatic carbocycles. The molecule has 0 aromatic rings. The summed E-state index contributed by atoms with van der Waals surface area (Å²) in [5.41, 5.74) is 0. The third-order valence-electron chi connectivity index (χ3n) is 2.78. The van der Waals surface area contributed by atoms with Crippen molar-refractivity contribution in [3.05, 3.63) is 12.7 Å². The molecule has 1 fully saturated rings. The number of carbonyl (C=O) groups excluding carboxylic acids is 1. The van der Waals surface area contributed by atoms with E-state index in [-0.39, 0.29) is 25.2 Å². The maximum Gasteiger partial charge on any atom is 0.407 e. The van der Waals surface area contributed by atoms with E-state index in [1.165, 1.54) is 6.08 Å². The van der Waals surface area contributed by atoms with Gasteiger partial charge in [0.1, 0.15) is 6.61 Å². The fourth-order valence-corrected chi connectivity index (χ4v) is 1.94. The Morgan fingerprint density at radius 3 is 2.93 bits per heavy atom. The summed E-state index contributed by atoms with van der Waals surface area (Å²) in [5.74, 6) is 0.176. The third-order valence-corrected chi connectivity index (χ3v) is 2.78. The van der Waals surface area contributed by atoms with Gasteiger partial charge in [0.15, 0.2) is 0 Å². The van der Waals surface area contributed by atoms with E-state index in [9.17, 15) is 4.79 Å². The minimum Gasteiger partial charge on any atom is -0.445 e. The average Bonchev–Trinajstić information content (AvgIpc) is 2.27. The van der Waals surface area contributed by atoms with Gasteiger partial charge < -0.3 is 15.2 Å². The van der Waals surface area contributed by atoms with E-state index in [1.54, 1.807) is 0 Å². The first kappa shape index (κ1) is 12.0. The molecule has 0 saturated heterocycles. The SMILES string of the molecule is C=CCOC(=O)NC1CCCCC1CO. The molecule has 86 valence electrons. The summed E-state index contributed by atoms with van der Waals surface area (Å²) < 4.78 is 4.84. The quantitative estimate of drug-likeness (QED) is 0.695. The van der Waals surface area contributed by atoms with Crippen LogP contribution in [0, 0.1) is 5.92 Å². The van der Waals surface area contributed by atoms with Gasteiger partial charge in [-0.25, -0.2) is 4.79 Å². The first-order valence-corrected chi connectivity index (χ1v) is 5.43. The molecule has 0 radical (unpaired) electrons. The molecule has 1 saturated carbocycles. The molecule has 0 bridgehead atoms. The molecule has 0 aromatic heterocycles. The van der Waals surface area contributed by atoms with Crippen LogP contribution in [0.2, 0.25) is 0 Å². The van der Waals surface area contributed by atoms with Crippen LogP contribution in [0.5, 0.6) is 0 Å². The maximum atomic E-state index is 11.3. The molecule has 15 heavy (non-hydrogen) atoms. The van der Waals surface area contributed by atoms with Crippen molar-refractivity contribution in [3.8, 4) is 0 Å². The largest absolute Gasteiger partial charge is 0.445 e. The summed E-state index contributed by atoms with van der Waals surface area (Å²) >= 11 is 0. The van der Waals surface area contributed by atoms with Crippen LogP contribution in [0.3, 0.4) is 0 Å². The average molecular weight is 213 g/mol. The van der Waals surface area contributed by atoms with Crippen LogP contribution in [-0.4, -0.2) is 30.5 Å². The maximum absolute atomic E-state index is 11.3. The van der Waals surface area contributed by atoms with Crippen molar-refractivity contribution >= 4 is 6.09 Å². The van der Waals surface area contributed by atoms with Crippen molar-refractivity contribution in [1.82, 2.24) is 5.32 Å². The Morgan fingerprint density at radius 2 is 2.27 bits per heavy atom. The van der Waals surface area contributed by atoms with Crippen LogP contribution >= 0.6 is 0 Å². The molecule has 2 N–H and O–H groups in total. The number of ether oxygens (including phenoxy) is 1. The number of carbonyl (C=O) groups is 1. The second-order valence-corrected chi connectivity index (χ2v) is 3.87. The van der Waals surface area contributed by atoms with Gasteiger partial charge >= 0.3 is 6.09 Å². The third kappa shape index (κ3) is 3.91. The summed E-state index contributed by atoms with van der Waals surface area (Å²) in [6.45, 7) is 3.82. The molecule has 1 aliphatic carbocycles. The molecule has 0 aliphatic heterocycles. The molecule has 1 rings (SSSR count). The Hall–Kier alpha value is -1.03. The van der Waals surface area contributed by atoms with Gasteiger partial charge in [0, 0.05) is 18.6 Å². The summed E-state index contributed by atoms with van der Waals surface area (Å²) in [5, 5.41) is 11.9. The lowest BCUT2D eigenvalue weighted by Gasteiger charge is -2.30. The number of hydrogen-bond donors (Lipinski definition) is 2. The van der Waals surface area contributed by atoms with Gasteiger partial charge in [-0.2, -0.15) is 0 Å². The van der Waals surface area contributed by atoms with E-state index in [2.05, 4.69) is 11.9 Å². The van der Waals surface area contributed by atoms with E-state index in [4.69, 9.17) is 9.84 Å². The number of nitrogens with one attached hydrogen (secondary N) is 1. The first-order valence-electron chi connectivity index (χ1n) is 5.43. The molecular weight excluding hydrogens is 194 g/mol. The van der Waals surface area contributed by atoms with Crippen LogP contribution in [-0.2, 0) is 4.74 Å². The van der Waals surface area contributed by atoms with E-state index in [1.807, 2.05) is 0 Å². The molecule has 1 amide bonds. The van der Waals surface area contributed by atoms with Crippen LogP contribution in [0.15, 0.2) is 12.7 Å². The molecule has 4 heteroatoms. The molecule has 1 aliphatic rings. The van der Waals surface area contributed by atoms with E-state index >= 15 is 0 Å². The predicted molar refractivity (Wildman–Crippen MR) is 57.5 cm³/mol. The topological polar surface area (TPSA) is 58.6 Å². The minimum absolute atomic E-state index is 0.0565. The summed E-state index contributed by atoms with van der Waals surface area (Å²) in [6.07, 6.45) is 5.25. The van der Waals surface area contributed by atoms with Crippen molar-refractivity contribution in [1.29, 1.82) is 0 Å². The highest BCUT2D eigenvalue weighted by Crippen LogP contribution is 2.23. The zero-order valence-corrected chi connectivity index (χ0v) is 8.95. The molecule has 0 spiro atoms. The van der Waals surface area contributed by atoms with Crippen LogP contribution < -0.4 is 5.32 Å². The number of hydrogen-bond acceptors (Lipinski definition) is 3. The number of aliphatic hydroxyl groups excluding tert-OH is 1. The Balaban J connectivity index is 2.33. The normalized spacial score (nSPS) is 25.7. The Labute approximate surface area is 90.3 Å². The van der Waals surface area contributed by atoms with E-state index < -0.39 is 6.09 Å². The molecular formula is C11H19NO3. The van der Waals surface area contributed by atoms with Gasteiger partial charge in [0.05, 0.1) is 0 Å². The second-order valence-electron chi connectivity index (χ2n) is 3.87. The summed E-state index contributed by atoms with van der Waals surface area (Å²) in [7, 11) is 0. The van der Waals surface area contributed by atoms with Gasteiger partial charge in [-0.15, -0.1) is 0 Å². The van der Waals surface area contributed by atoms with Gasteiger partial charge in [-0.05, 0) is 12.8 Å². The Bertz CT molecular complexity index is 218. The lowest BCUT2D eigenvalue weighted by Crippen LogP contribution is -2.43. The van der Waals surface area contributed by atoms with Crippen LogP contribution in [0.1, 0.15) is 25.7 Å². The van der Waals surface area contributed by atoms with Crippen molar-refractivity contribution in [3.63, 3.8) is 0 Å². The molecule has 0 heterocycles. The lowest BCUT2D eigenvalue weighted by molar-refractivity contribution is 0.124. The van der Waals surface area contributed by atoms with Crippen LogP contribution in [0.25, 0.3) is 0 Å². The summed E-state index contributed by atoms with van der Waals surface area (Å²) in [6, 6.07) is 0.0565.